The Balaban J connectivity index is 2.08. The molecule has 1 unspecified atom stereocenters. The van der Waals surface area contributed by atoms with Crippen LogP contribution >= 0.6 is 0 Å². The summed E-state index contributed by atoms with van der Waals surface area (Å²) in [6.07, 6.45) is 4.27. The van der Waals surface area contributed by atoms with Crippen molar-refractivity contribution in [1.82, 2.24) is 9.80 Å². The topological polar surface area (TPSA) is 92.5 Å². The molecule has 0 saturated carbocycles. The molecule has 2 aromatic rings. The molecular formula is C23H26N2O6. The van der Waals surface area contributed by atoms with Gasteiger partial charge < -0.3 is 28.8 Å². The van der Waals surface area contributed by atoms with Crippen LogP contribution in [0.4, 0.5) is 0 Å². The van der Waals surface area contributed by atoms with Crippen molar-refractivity contribution in [2.45, 2.75) is 6.04 Å². The lowest BCUT2D eigenvalue weighted by Crippen LogP contribution is -2.36. The van der Waals surface area contributed by atoms with Gasteiger partial charge in [-0.1, -0.05) is 12.1 Å². The molecule has 0 saturated heterocycles. The third kappa shape index (κ3) is 4.49. The molecular weight excluding hydrogens is 400 g/mol. The van der Waals surface area contributed by atoms with Crippen molar-refractivity contribution >= 4 is 17.8 Å². The van der Waals surface area contributed by atoms with Gasteiger partial charge in [-0.2, -0.15) is 0 Å². The van der Waals surface area contributed by atoms with Crippen LogP contribution in [0.5, 0.6) is 11.5 Å². The van der Waals surface area contributed by atoms with Crippen LogP contribution in [-0.2, 0) is 9.59 Å². The maximum atomic E-state index is 13.1. The lowest BCUT2D eigenvalue weighted by Gasteiger charge is -2.29. The van der Waals surface area contributed by atoms with E-state index in [1.165, 1.54) is 37.5 Å². The minimum atomic E-state index is -0.828. The Hall–Kier alpha value is -3.52. The second-order valence-corrected chi connectivity index (χ2v) is 7.26. The molecule has 3 rings (SSSR count). The van der Waals surface area contributed by atoms with Gasteiger partial charge in [0, 0.05) is 18.7 Å². The molecule has 1 atom stereocenters. The molecule has 1 N–H and O–H groups in total. The maximum Gasteiger partial charge on any atom is 0.290 e. The zero-order valence-electron chi connectivity index (χ0n) is 18.0. The van der Waals surface area contributed by atoms with Gasteiger partial charge in [-0.3, -0.25) is 9.59 Å². The second-order valence-electron chi connectivity index (χ2n) is 7.26. The first kappa shape index (κ1) is 22.2. The van der Waals surface area contributed by atoms with E-state index in [0.29, 0.717) is 35.9 Å². The average Bonchev–Trinajstić information content (AvgIpc) is 3.36. The fourth-order valence-electron chi connectivity index (χ4n) is 3.53. The van der Waals surface area contributed by atoms with Gasteiger partial charge in [0.15, 0.2) is 23.0 Å². The van der Waals surface area contributed by atoms with Crippen LogP contribution in [0, 0.1) is 0 Å². The van der Waals surface area contributed by atoms with E-state index in [4.69, 9.17) is 13.9 Å². The lowest BCUT2D eigenvalue weighted by atomic mass is 9.94. The van der Waals surface area contributed by atoms with Crippen molar-refractivity contribution in [3.8, 4) is 11.5 Å². The van der Waals surface area contributed by atoms with Crippen LogP contribution in [0.3, 0.4) is 0 Å². The fourth-order valence-corrected chi connectivity index (χ4v) is 3.53. The van der Waals surface area contributed by atoms with E-state index in [0.717, 1.165) is 0 Å². The Labute approximate surface area is 181 Å². The zero-order chi connectivity index (χ0) is 22.5. The number of ketones is 1. The van der Waals surface area contributed by atoms with Crippen LogP contribution < -0.4 is 9.47 Å². The second kappa shape index (κ2) is 9.53. The molecule has 1 aromatic heterocycles. The lowest BCUT2D eigenvalue weighted by molar-refractivity contribution is -0.129. The first-order chi connectivity index (χ1) is 14.9. The van der Waals surface area contributed by atoms with E-state index in [1.54, 1.807) is 30.3 Å². The molecule has 164 valence electrons. The highest BCUT2D eigenvalue weighted by Gasteiger charge is 2.44. The van der Waals surface area contributed by atoms with Gasteiger partial charge in [-0.15, -0.1) is 0 Å². The summed E-state index contributed by atoms with van der Waals surface area (Å²) in [7, 11) is 6.77. The van der Waals surface area contributed by atoms with Crippen LogP contribution in [0.25, 0.3) is 6.08 Å². The highest BCUT2D eigenvalue weighted by atomic mass is 16.5. The number of methoxy groups -OCH3 is 2. The van der Waals surface area contributed by atoms with Crippen LogP contribution in [0.2, 0.25) is 0 Å². The number of aliphatic hydroxyl groups is 1. The number of carbonyl (C=O) groups is 2. The Kier molecular flexibility index (Phi) is 6.81. The summed E-state index contributed by atoms with van der Waals surface area (Å²) >= 11 is 0. The number of benzene rings is 1. The van der Waals surface area contributed by atoms with Crippen LogP contribution in [0.15, 0.2) is 58.4 Å². The third-order valence-corrected chi connectivity index (χ3v) is 5.03. The first-order valence-electron chi connectivity index (χ1n) is 9.74. The van der Waals surface area contributed by atoms with E-state index in [9.17, 15) is 14.7 Å². The van der Waals surface area contributed by atoms with Crippen molar-refractivity contribution in [3.63, 3.8) is 0 Å². The molecule has 0 aliphatic carbocycles. The van der Waals surface area contributed by atoms with Crippen molar-refractivity contribution in [2.24, 2.45) is 0 Å². The Morgan fingerprint density at radius 2 is 2.00 bits per heavy atom. The number of nitrogens with zero attached hydrogens (tertiary/aromatic N) is 2. The number of carbonyl (C=O) groups excluding carboxylic acids is 2. The monoisotopic (exact) mass is 426 g/mol. The van der Waals surface area contributed by atoms with Gasteiger partial charge in [0.25, 0.3) is 5.91 Å². The van der Waals surface area contributed by atoms with Gasteiger partial charge >= 0.3 is 0 Å². The zero-order valence-corrected chi connectivity index (χ0v) is 18.0. The summed E-state index contributed by atoms with van der Waals surface area (Å²) in [6, 6.07) is 7.80. The van der Waals surface area contributed by atoms with Crippen molar-refractivity contribution in [2.75, 3.05) is 41.4 Å². The maximum absolute atomic E-state index is 13.1. The standard InChI is InChI=1S/C23H26N2O6/c1-24(2)12-13-25-20(16-8-5-9-18(29-3)22(16)30-4)19(21(27)23(25)28)17(26)11-10-15-7-6-14-31-15/h5-11,14,20,27H,12-13H2,1-4H3. The molecule has 31 heavy (non-hydrogen) atoms. The van der Waals surface area contributed by atoms with E-state index in [2.05, 4.69) is 0 Å². The molecule has 0 spiro atoms. The molecule has 0 fully saturated rings. The highest BCUT2D eigenvalue weighted by molar-refractivity contribution is 6.14. The van der Waals surface area contributed by atoms with Gasteiger partial charge in [-0.05, 0) is 44.4 Å². The minimum Gasteiger partial charge on any atom is -0.503 e. The largest absolute Gasteiger partial charge is 0.503 e. The van der Waals surface area contributed by atoms with Gasteiger partial charge in [0.1, 0.15) is 5.76 Å². The molecule has 1 aliphatic heterocycles. The highest BCUT2D eigenvalue weighted by Crippen LogP contribution is 2.44. The summed E-state index contributed by atoms with van der Waals surface area (Å²) in [6.45, 7) is 0.852. The smallest absolute Gasteiger partial charge is 0.290 e. The van der Waals surface area contributed by atoms with Crippen molar-refractivity contribution in [3.05, 3.63) is 65.3 Å². The van der Waals surface area contributed by atoms with Gasteiger partial charge in [0.05, 0.1) is 32.1 Å². The third-order valence-electron chi connectivity index (χ3n) is 5.03. The fraction of sp³-hybridized carbons (Fsp3) is 0.304. The van der Waals surface area contributed by atoms with E-state index >= 15 is 0 Å². The van der Waals surface area contributed by atoms with Crippen molar-refractivity contribution in [1.29, 1.82) is 0 Å². The molecule has 1 amide bonds. The number of hydrogen-bond donors (Lipinski definition) is 1. The van der Waals surface area contributed by atoms with E-state index < -0.39 is 23.5 Å². The number of para-hydroxylation sites is 1. The number of likely N-dealkylation sites (N-methyl/N-ethyl adjacent to an activating group) is 1. The Morgan fingerprint density at radius 3 is 2.61 bits per heavy atom. The number of hydrogen-bond acceptors (Lipinski definition) is 7. The number of ether oxygens (including phenoxy) is 2. The summed E-state index contributed by atoms with van der Waals surface area (Å²) in [5.41, 5.74) is 0.533. The van der Waals surface area contributed by atoms with Gasteiger partial charge in [-0.25, -0.2) is 0 Å². The summed E-state index contributed by atoms with van der Waals surface area (Å²) in [4.78, 5) is 29.4. The SMILES string of the molecule is COc1cccc(C2C(C(=O)C=Cc3ccco3)=C(O)C(=O)N2CCN(C)C)c1OC. The van der Waals surface area contributed by atoms with Crippen LogP contribution in [-0.4, -0.2) is 68.0 Å². The molecule has 8 heteroatoms. The van der Waals surface area contributed by atoms with E-state index in [-0.39, 0.29) is 5.57 Å². The predicted molar refractivity (Wildman–Crippen MR) is 115 cm³/mol. The quantitative estimate of drug-likeness (QED) is 0.617. The molecule has 8 nitrogen and oxygen atoms in total. The summed E-state index contributed by atoms with van der Waals surface area (Å²) < 4.78 is 16.2. The average molecular weight is 426 g/mol. The minimum absolute atomic E-state index is 0.0156. The molecule has 1 aromatic carbocycles. The molecule has 0 radical (unpaired) electrons. The summed E-state index contributed by atoms with van der Waals surface area (Å²) in [5, 5.41) is 10.7. The summed E-state index contributed by atoms with van der Waals surface area (Å²) in [5.74, 6) is -0.326. The first-order valence-corrected chi connectivity index (χ1v) is 9.74. The number of amides is 1. The van der Waals surface area contributed by atoms with E-state index in [1.807, 2.05) is 19.0 Å². The molecule has 2 heterocycles. The number of aliphatic hydroxyl groups excluding tert-OH is 1. The van der Waals surface area contributed by atoms with Crippen LogP contribution in [0.1, 0.15) is 17.4 Å². The Bertz CT molecular complexity index is 1010. The molecule has 0 bridgehead atoms. The number of rotatable bonds is 9. The predicted octanol–water partition coefficient (Wildman–Crippen LogP) is 2.84. The number of furan rings is 1. The van der Waals surface area contributed by atoms with Gasteiger partial charge in [0.2, 0.25) is 0 Å². The van der Waals surface area contributed by atoms with Crippen molar-refractivity contribution < 1.29 is 28.6 Å². The number of allylic oxidation sites excluding steroid dienone is 1. The normalized spacial score (nSPS) is 16.6. The Morgan fingerprint density at radius 1 is 1.23 bits per heavy atom. The molecule has 1 aliphatic rings.